The summed E-state index contributed by atoms with van der Waals surface area (Å²) >= 11 is 0. The molecule has 15 heavy (non-hydrogen) atoms. The number of benzene rings is 1. The van der Waals surface area contributed by atoms with E-state index < -0.39 is 0 Å². The number of rotatable bonds is 2. The molecule has 2 rings (SSSR count). The molecule has 0 radical (unpaired) electrons. The minimum Gasteiger partial charge on any atom is -0.378 e. The van der Waals surface area contributed by atoms with E-state index in [9.17, 15) is 10.1 Å². The highest BCUT2D eigenvalue weighted by Gasteiger charge is 2.13. The Labute approximate surface area is 87.4 Å². The van der Waals surface area contributed by atoms with Crippen LogP contribution in [0.4, 0.5) is 11.4 Å². The third-order valence-corrected chi connectivity index (χ3v) is 2.42. The molecule has 0 spiro atoms. The van der Waals surface area contributed by atoms with Gasteiger partial charge in [-0.25, -0.2) is 0 Å². The molecule has 0 unspecified atom stereocenters. The summed E-state index contributed by atoms with van der Waals surface area (Å²) in [5, 5.41) is 10.6. The average Bonchev–Trinajstić information content (AvgIpc) is 2.30. The van der Waals surface area contributed by atoms with Gasteiger partial charge in [-0.3, -0.25) is 10.1 Å². The lowest BCUT2D eigenvalue weighted by Crippen LogP contribution is -2.36. The van der Waals surface area contributed by atoms with Crippen molar-refractivity contribution in [2.24, 2.45) is 0 Å². The molecule has 0 amide bonds. The fraction of sp³-hybridized carbons (Fsp3) is 0.400. The molecule has 0 N–H and O–H groups in total. The number of nitro groups is 1. The quantitative estimate of drug-likeness (QED) is 0.545. The van der Waals surface area contributed by atoms with Crippen molar-refractivity contribution < 1.29 is 9.66 Å². The van der Waals surface area contributed by atoms with Crippen LogP contribution in [0.1, 0.15) is 0 Å². The molecule has 1 aromatic rings. The Morgan fingerprint density at radius 2 is 2.07 bits per heavy atom. The van der Waals surface area contributed by atoms with Crippen LogP contribution in [0.5, 0.6) is 0 Å². The van der Waals surface area contributed by atoms with E-state index >= 15 is 0 Å². The van der Waals surface area contributed by atoms with E-state index in [4.69, 9.17) is 4.74 Å². The topological polar surface area (TPSA) is 55.6 Å². The van der Waals surface area contributed by atoms with Crippen LogP contribution < -0.4 is 4.90 Å². The monoisotopic (exact) mass is 208 g/mol. The molecule has 5 heteroatoms. The maximum atomic E-state index is 10.6. The largest absolute Gasteiger partial charge is 0.378 e. The van der Waals surface area contributed by atoms with Crippen LogP contribution in [-0.2, 0) is 4.74 Å². The van der Waals surface area contributed by atoms with Gasteiger partial charge in [0, 0.05) is 30.9 Å². The molecule has 0 bridgehead atoms. The minimum atomic E-state index is -0.371. The number of hydrogen-bond acceptors (Lipinski definition) is 4. The van der Waals surface area contributed by atoms with Crippen LogP contribution in [0.2, 0.25) is 0 Å². The lowest BCUT2D eigenvalue weighted by Gasteiger charge is -2.28. The summed E-state index contributed by atoms with van der Waals surface area (Å²) in [4.78, 5) is 12.3. The number of non-ortho nitro benzene ring substituents is 1. The molecule has 80 valence electrons. The number of ether oxygens (including phenoxy) is 1. The molecule has 1 saturated heterocycles. The Hall–Kier alpha value is -1.62. The average molecular weight is 208 g/mol. The van der Waals surface area contributed by atoms with Gasteiger partial charge in [-0.05, 0) is 6.07 Å². The fourth-order valence-corrected chi connectivity index (χ4v) is 1.62. The first-order valence-electron chi connectivity index (χ1n) is 4.84. The second kappa shape index (κ2) is 4.27. The minimum absolute atomic E-state index is 0.138. The molecular weight excluding hydrogens is 196 g/mol. The molecule has 1 fully saturated rings. The van der Waals surface area contributed by atoms with Crippen LogP contribution in [0, 0.1) is 10.1 Å². The van der Waals surface area contributed by atoms with Crippen LogP contribution in [-0.4, -0.2) is 31.2 Å². The molecule has 1 aromatic carbocycles. The number of anilines is 1. The fourth-order valence-electron chi connectivity index (χ4n) is 1.62. The van der Waals surface area contributed by atoms with Gasteiger partial charge in [0.25, 0.3) is 5.69 Å². The van der Waals surface area contributed by atoms with Crippen molar-refractivity contribution in [2.75, 3.05) is 31.2 Å². The first-order valence-corrected chi connectivity index (χ1v) is 4.84. The summed E-state index contributed by atoms with van der Waals surface area (Å²) in [5.41, 5.74) is 1.03. The van der Waals surface area contributed by atoms with E-state index in [1.807, 2.05) is 6.07 Å². The smallest absolute Gasteiger partial charge is 0.271 e. The van der Waals surface area contributed by atoms with Crippen molar-refractivity contribution in [3.05, 3.63) is 34.4 Å². The summed E-state index contributed by atoms with van der Waals surface area (Å²) < 4.78 is 5.22. The number of nitrogens with zero attached hydrogens (tertiary/aromatic N) is 2. The van der Waals surface area contributed by atoms with Gasteiger partial charge in [-0.2, -0.15) is 0 Å². The lowest BCUT2D eigenvalue weighted by atomic mass is 10.2. The summed E-state index contributed by atoms with van der Waals surface area (Å²) in [6, 6.07) is 6.70. The second-order valence-corrected chi connectivity index (χ2v) is 3.38. The molecule has 1 aliphatic rings. The van der Waals surface area contributed by atoms with Gasteiger partial charge in [-0.15, -0.1) is 0 Å². The normalized spacial score (nSPS) is 16.4. The van der Waals surface area contributed by atoms with E-state index in [1.54, 1.807) is 12.1 Å². The molecule has 1 heterocycles. The van der Waals surface area contributed by atoms with Gasteiger partial charge >= 0.3 is 0 Å². The molecule has 0 aliphatic carbocycles. The third kappa shape index (κ3) is 2.24. The summed E-state index contributed by atoms with van der Waals surface area (Å²) in [6.07, 6.45) is 0. The predicted molar refractivity (Wildman–Crippen MR) is 56.1 cm³/mol. The highest BCUT2D eigenvalue weighted by Crippen LogP contribution is 2.21. The van der Waals surface area contributed by atoms with Crippen molar-refractivity contribution in [3.8, 4) is 0 Å². The van der Waals surface area contributed by atoms with Gasteiger partial charge in [0.1, 0.15) is 0 Å². The van der Waals surface area contributed by atoms with Crippen LogP contribution >= 0.6 is 0 Å². The zero-order valence-corrected chi connectivity index (χ0v) is 8.26. The van der Waals surface area contributed by atoms with Crippen LogP contribution in [0.25, 0.3) is 0 Å². The van der Waals surface area contributed by atoms with Gasteiger partial charge in [0.15, 0.2) is 0 Å². The Bertz CT molecular complexity index is 361. The van der Waals surface area contributed by atoms with Crippen LogP contribution in [0.15, 0.2) is 24.3 Å². The SMILES string of the molecule is O=[N+]([O-])c1cccc(N2CCOCC2)c1. The Balaban J connectivity index is 2.19. The molecule has 0 aromatic heterocycles. The third-order valence-electron chi connectivity index (χ3n) is 2.42. The van der Waals surface area contributed by atoms with Crippen molar-refractivity contribution >= 4 is 11.4 Å². The molecule has 1 aliphatic heterocycles. The molecule has 5 nitrogen and oxygen atoms in total. The van der Waals surface area contributed by atoms with Gasteiger partial charge in [0.2, 0.25) is 0 Å². The van der Waals surface area contributed by atoms with Gasteiger partial charge in [0.05, 0.1) is 18.1 Å². The number of hydrogen-bond donors (Lipinski definition) is 0. The maximum Gasteiger partial charge on any atom is 0.271 e. The van der Waals surface area contributed by atoms with Crippen molar-refractivity contribution in [1.29, 1.82) is 0 Å². The van der Waals surface area contributed by atoms with E-state index in [0.717, 1.165) is 18.8 Å². The number of morpholine rings is 1. The number of nitro benzene ring substituents is 1. The predicted octanol–water partition coefficient (Wildman–Crippen LogP) is 1.43. The standard InChI is InChI=1S/C10H12N2O3/c13-12(14)10-3-1-2-9(8-10)11-4-6-15-7-5-11/h1-3,8H,4-7H2. The summed E-state index contributed by atoms with van der Waals surface area (Å²) in [7, 11) is 0. The van der Waals surface area contributed by atoms with E-state index in [2.05, 4.69) is 4.90 Å². The zero-order chi connectivity index (χ0) is 10.7. The molecular formula is C10H12N2O3. The van der Waals surface area contributed by atoms with Crippen molar-refractivity contribution in [1.82, 2.24) is 0 Å². The van der Waals surface area contributed by atoms with Gasteiger partial charge in [-0.1, -0.05) is 6.07 Å². The Morgan fingerprint density at radius 3 is 2.73 bits per heavy atom. The molecule has 0 saturated carbocycles. The van der Waals surface area contributed by atoms with Crippen molar-refractivity contribution in [3.63, 3.8) is 0 Å². The highest BCUT2D eigenvalue weighted by atomic mass is 16.6. The zero-order valence-electron chi connectivity index (χ0n) is 8.26. The second-order valence-electron chi connectivity index (χ2n) is 3.38. The first kappa shape index (κ1) is 9.92. The van der Waals surface area contributed by atoms with Crippen LogP contribution in [0.3, 0.4) is 0 Å². The van der Waals surface area contributed by atoms with E-state index in [1.165, 1.54) is 6.07 Å². The Kier molecular flexibility index (Phi) is 2.82. The van der Waals surface area contributed by atoms with Crippen molar-refractivity contribution in [2.45, 2.75) is 0 Å². The van der Waals surface area contributed by atoms with E-state index in [-0.39, 0.29) is 10.6 Å². The maximum absolute atomic E-state index is 10.6. The first-order chi connectivity index (χ1) is 7.27. The lowest BCUT2D eigenvalue weighted by molar-refractivity contribution is -0.384. The summed E-state index contributed by atoms with van der Waals surface area (Å²) in [5.74, 6) is 0. The highest BCUT2D eigenvalue weighted by molar-refractivity contribution is 5.53. The van der Waals surface area contributed by atoms with E-state index in [0.29, 0.717) is 13.2 Å². The summed E-state index contributed by atoms with van der Waals surface area (Å²) in [6.45, 7) is 2.95. The molecule has 0 atom stereocenters. The van der Waals surface area contributed by atoms with Gasteiger partial charge < -0.3 is 9.64 Å². The Morgan fingerprint density at radius 1 is 1.33 bits per heavy atom.